The Morgan fingerprint density at radius 2 is 1.84 bits per heavy atom. The van der Waals surface area contributed by atoms with Crippen LogP contribution in [0.25, 0.3) is 0 Å². The third-order valence-corrected chi connectivity index (χ3v) is 2.76. The molecule has 14 heteroatoms. The van der Waals surface area contributed by atoms with Gasteiger partial charge in [-0.2, -0.15) is 17.7 Å². The number of carboxylic acids is 1. The lowest BCUT2D eigenvalue weighted by Crippen LogP contribution is -2.44. The Hall–Kier alpha value is -2.74. The van der Waals surface area contributed by atoms with Crippen LogP contribution in [-0.4, -0.2) is 47.9 Å². The van der Waals surface area contributed by atoms with E-state index in [9.17, 15) is 27.6 Å². The molecule has 4 N–H and O–H groups in total. The van der Waals surface area contributed by atoms with E-state index in [0.717, 1.165) is 0 Å². The Labute approximate surface area is 138 Å². The highest BCUT2D eigenvalue weighted by Crippen LogP contribution is 2.20. The molecule has 10 nitrogen and oxygen atoms in total. The third-order valence-electron chi connectivity index (χ3n) is 2.19. The molecule has 0 saturated carbocycles. The minimum atomic E-state index is -6.09. The van der Waals surface area contributed by atoms with Gasteiger partial charge >= 0.3 is 11.5 Å². The highest BCUT2D eigenvalue weighted by molar-refractivity contribution is 7.86. The fraction of sp³-hybridized carbons (Fsp3) is 0.273. The number of hydrogen-bond donors (Lipinski definition) is 3. The number of alkyl halides is 3. The smallest absolute Gasteiger partial charge is 0.485 e. The number of aromatic nitrogens is 1. The number of carboxylic acid groups (broad SMARTS) is 1. The van der Waals surface area contributed by atoms with Gasteiger partial charge in [0.25, 0.3) is 11.8 Å². The molecule has 25 heavy (non-hydrogen) atoms. The van der Waals surface area contributed by atoms with Crippen LogP contribution in [-0.2, 0) is 26.3 Å². The fourth-order valence-electron chi connectivity index (χ4n) is 1.16. The first-order valence-electron chi connectivity index (χ1n) is 6.03. The van der Waals surface area contributed by atoms with Gasteiger partial charge in [0.15, 0.2) is 22.5 Å². The van der Waals surface area contributed by atoms with Crippen molar-refractivity contribution in [2.24, 2.45) is 5.73 Å². The Morgan fingerprint density at radius 1 is 1.32 bits per heavy atom. The van der Waals surface area contributed by atoms with Crippen LogP contribution in [0.5, 0.6) is 0 Å². The van der Waals surface area contributed by atoms with Crippen LogP contribution in [0.3, 0.4) is 0 Å². The number of primary amides is 1. The maximum atomic E-state index is 11.3. The van der Waals surface area contributed by atoms with Crippen LogP contribution < -0.4 is 15.6 Å². The molecule has 0 spiro atoms. The molecule has 0 aromatic carbocycles. The van der Waals surface area contributed by atoms with Crippen molar-refractivity contribution in [3.63, 3.8) is 0 Å². The van der Waals surface area contributed by atoms with E-state index in [1.807, 2.05) is 0 Å². The summed E-state index contributed by atoms with van der Waals surface area (Å²) in [4.78, 5) is 32.4. The molecule has 0 aliphatic heterocycles. The van der Waals surface area contributed by atoms with Crippen molar-refractivity contribution in [1.29, 1.82) is 0 Å². The summed E-state index contributed by atoms with van der Waals surface area (Å²) in [5.74, 6) is -2.17. The number of carbonyl (C=O) groups excluding carboxylic acids is 2. The largest absolute Gasteiger partial charge is 0.741 e. The van der Waals surface area contributed by atoms with Gasteiger partial charge in [-0.15, -0.1) is 0 Å². The minimum Gasteiger partial charge on any atom is -0.741 e. The predicted octanol–water partition coefficient (Wildman–Crippen LogP) is -1.67. The Kier molecular flexibility index (Phi) is 7.95. The molecule has 1 heterocycles. The summed E-state index contributed by atoms with van der Waals surface area (Å²) >= 11 is 0. The second-order valence-corrected chi connectivity index (χ2v) is 5.57. The molecule has 0 fully saturated rings. The number of nitrogens with two attached hydrogens (primary N) is 1. The standard InChI is InChI=1S/C10H11N3O4.CHF3O3S/c11-10(17)7-2-1-3-13(5-7)6-8(14)12-4-9(15)16;2-1(3,4)8(5,6)7/h1-3,5H,4,6H2,(H3-,11,12,14,15,16,17);(H,5,6,7). The number of hydrogen-bond acceptors (Lipinski definition) is 6. The van der Waals surface area contributed by atoms with E-state index in [1.165, 1.54) is 16.8 Å². The van der Waals surface area contributed by atoms with Crippen LogP contribution in [0.1, 0.15) is 10.4 Å². The first-order chi connectivity index (χ1) is 11.2. The summed E-state index contributed by atoms with van der Waals surface area (Å²) in [5, 5.41) is 10.6. The van der Waals surface area contributed by atoms with E-state index in [4.69, 9.17) is 23.8 Å². The van der Waals surface area contributed by atoms with Crippen molar-refractivity contribution < 1.29 is 50.2 Å². The van der Waals surface area contributed by atoms with Crippen molar-refractivity contribution >= 4 is 27.9 Å². The molecule has 1 aromatic heterocycles. The average Bonchev–Trinajstić information content (AvgIpc) is 2.44. The van der Waals surface area contributed by atoms with E-state index in [0.29, 0.717) is 0 Å². The van der Waals surface area contributed by atoms with Gasteiger partial charge in [0.2, 0.25) is 6.54 Å². The molecular formula is C11H12F3N3O7S. The summed E-state index contributed by atoms with van der Waals surface area (Å²) in [6, 6.07) is 3.10. The molecule has 0 radical (unpaired) electrons. The average molecular weight is 387 g/mol. The monoisotopic (exact) mass is 387 g/mol. The first kappa shape index (κ1) is 22.3. The lowest BCUT2D eigenvalue weighted by molar-refractivity contribution is -0.684. The van der Waals surface area contributed by atoms with Crippen LogP contribution in [0.2, 0.25) is 0 Å². The molecule has 140 valence electrons. The van der Waals surface area contributed by atoms with E-state index >= 15 is 0 Å². The van der Waals surface area contributed by atoms with E-state index < -0.39 is 40.0 Å². The second kappa shape index (κ2) is 8.93. The van der Waals surface area contributed by atoms with E-state index in [1.54, 1.807) is 12.3 Å². The topological polar surface area (TPSA) is 171 Å². The quantitative estimate of drug-likeness (QED) is 0.308. The number of rotatable bonds is 5. The molecule has 1 aromatic rings. The fourth-order valence-corrected chi connectivity index (χ4v) is 1.16. The number of carbonyl (C=O) groups is 3. The Balaban J connectivity index is 0.000000609. The number of nitrogens with zero attached hydrogens (tertiary/aromatic N) is 1. The van der Waals surface area contributed by atoms with Crippen LogP contribution in [0.15, 0.2) is 24.5 Å². The number of amides is 2. The molecule has 0 aliphatic carbocycles. The molecular weight excluding hydrogens is 375 g/mol. The van der Waals surface area contributed by atoms with Gasteiger partial charge < -0.3 is 20.7 Å². The number of aliphatic carboxylic acids is 1. The van der Waals surface area contributed by atoms with Gasteiger partial charge in [-0.05, 0) is 6.07 Å². The minimum absolute atomic E-state index is 0.0750. The summed E-state index contributed by atoms with van der Waals surface area (Å²) in [6.07, 6.45) is 3.00. The first-order valence-corrected chi connectivity index (χ1v) is 7.44. The molecule has 0 saturated heterocycles. The van der Waals surface area contributed by atoms with Gasteiger partial charge in [-0.1, -0.05) is 0 Å². The molecule has 0 aliphatic rings. The molecule has 0 bridgehead atoms. The van der Waals surface area contributed by atoms with E-state index in [2.05, 4.69) is 5.32 Å². The number of nitrogens with one attached hydrogen (secondary N) is 1. The Morgan fingerprint density at radius 3 is 2.24 bits per heavy atom. The molecule has 1 rings (SSSR count). The van der Waals surface area contributed by atoms with Crippen molar-refractivity contribution in [3.05, 3.63) is 30.1 Å². The van der Waals surface area contributed by atoms with Crippen LogP contribution in [0, 0.1) is 0 Å². The van der Waals surface area contributed by atoms with Gasteiger partial charge in [0.05, 0.1) is 0 Å². The van der Waals surface area contributed by atoms with Gasteiger partial charge in [0.1, 0.15) is 12.1 Å². The van der Waals surface area contributed by atoms with E-state index in [-0.39, 0.29) is 12.1 Å². The SMILES string of the molecule is NC(=O)c1ccc[n+](CC(=O)NCC(=O)O)c1.O=S(=O)([O-])C(F)(F)F. The lowest BCUT2D eigenvalue weighted by atomic mass is 10.3. The van der Waals surface area contributed by atoms with Gasteiger partial charge in [-0.25, -0.2) is 8.42 Å². The van der Waals surface area contributed by atoms with Crippen LogP contribution >= 0.6 is 0 Å². The number of pyridine rings is 1. The highest BCUT2D eigenvalue weighted by atomic mass is 32.2. The van der Waals surface area contributed by atoms with Crippen molar-refractivity contribution in [2.75, 3.05) is 6.54 Å². The maximum Gasteiger partial charge on any atom is 0.485 e. The normalized spacial score (nSPS) is 11.0. The summed E-state index contributed by atoms with van der Waals surface area (Å²) < 4.78 is 60.3. The van der Waals surface area contributed by atoms with Crippen LogP contribution in [0.4, 0.5) is 13.2 Å². The Bertz CT molecular complexity index is 750. The van der Waals surface area contributed by atoms with Gasteiger partial charge in [0, 0.05) is 6.07 Å². The zero-order chi connectivity index (χ0) is 19.8. The van der Waals surface area contributed by atoms with Crippen molar-refractivity contribution in [1.82, 2.24) is 5.32 Å². The summed E-state index contributed by atoms with van der Waals surface area (Å²) in [5.41, 5.74) is -0.288. The summed E-state index contributed by atoms with van der Waals surface area (Å²) in [7, 11) is -6.09. The third kappa shape index (κ3) is 9.21. The highest BCUT2D eigenvalue weighted by Gasteiger charge is 2.36. The maximum absolute atomic E-state index is 11.3. The van der Waals surface area contributed by atoms with Crippen molar-refractivity contribution in [3.8, 4) is 0 Å². The zero-order valence-electron chi connectivity index (χ0n) is 12.2. The second-order valence-electron chi connectivity index (χ2n) is 4.20. The lowest BCUT2D eigenvalue weighted by Gasteiger charge is -2.08. The summed E-state index contributed by atoms with van der Waals surface area (Å²) in [6.45, 7) is -0.511. The molecule has 0 atom stereocenters. The zero-order valence-corrected chi connectivity index (χ0v) is 13.0. The van der Waals surface area contributed by atoms with Gasteiger partial charge in [-0.3, -0.25) is 14.4 Å². The molecule has 2 amide bonds. The predicted molar refractivity (Wildman–Crippen MR) is 71.6 cm³/mol. The molecule has 0 unspecified atom stereocenters. The van der Waals surface area contributed by atoms with Crippen molar-refractivity contribution in [2.45, 2.75) is 12.1 Å². The number of halogens is 3.